The van der Waals surface area contributed by atoms with Crippen LogP contribution in [0.1, 0.15) is 77.7 Å². The summed E-state index contributed by atoms with van der Waals surface area (Å²) in [4.78, 5) is 29.5. The van der Waals surface area contributed by atoms with Crippen LogP contribution in [-0.2, 0) is 16.1 Å². The van der Waals surface area contributed by atoms with Gasteiger partial charge in [-0.1, -0.05) is 40.0 Å². The summed E-state index contributed by atoms with van der Waals surface area (Å²) in [5, 5.41) is 2.96. The molecule has 1 aromatic carbocycles. The van der Waals surface area contributed by atoms with E-state index in [1.165, 1.54) is 19.3 Å². The van der Waals surface area contributed by atoms with Crippen LogP contribution in [0.25, 0.3) is 0 Å². The highest BCUT2D eigenvalue weighted by atomic mass is 16.2. The number of amides is 2. The average Bonchev–Trinajstić information content (AvgIpc) is 2.73. The lowest BCUT2D eigenvalue weighted by Gasteiger charge is -2.37. The Labute approximate surface area is 176 Å². The zero-order chi connectivity index (χ0) is 21.4. The van der Waals surface area contributed by atoms with Crippen molar-refractivity contribution in [2.24, 2.45) is 5.92 Å². The van der Waals surface area contributed by atoms with Crippen molar-refractivity contribution in [2.45, 2.75) is 84.7 Å². The molecule has 1 N–H and O–H groups in total. The fourth-order valence-corrected chi connectivity index (χ4v) is 4.31. The lowest BCUT2D eigenvalue weighted by Crippen LogP contribution is -2.44. The Bertz CT molecular complexity index is 677. The van der Waals surface area contributed by atoms with Gasteiger partial charge in [-0.3, -0.25) is 9.59 Å². The number of carbonyl (C=O) groups is 2. The summed E-state index contributed by atoms with van der Waals surface area (Å²) in [5.74, 6) is 0.378. The number of benzene rings is 1. The summed E-state index contributed by atoms with van der Waals surface area (Å²) >= 11 is 0. The van der Waals surface area contributed by atoms with Crippen LogP contribution in [0.5, 0.6) is 0 Å². The van der Waals surface area contributed by atoms with Crippen LogP contribution >= 0.6 is 0 Å². The van der Waals surface area contributed by atoms with Gasteiger partial charge in [0, 0.05) is 50.4 Å². The van der Waals surface area contributed by atoms with Gasteiger partial charge in [0.05, 0.1) is 0 Å². The second-order valence-electron chi connectivity index (χ2n) is 8.41. The van der Waals surface area contributed by atoms with Crippen molar-refractivity contribution < 1.29 is 9.59 Å². The number of hydrogen-bond donors (Lipinski definition) is 1. The summed E-state index contributed by atoms with van der Waals surface area (Å²) < 4.78 is 0. The third-order valence-electron chi connectivity index (χ3n) is 6.14. The number of nitrogens with zero attached hydrogens (tertiary/aromatic N) is 2. The molecule has 0 saturated heterocycles. The molecule has 2 rings (SSSR count). The Hall–Kier alpha value is -2.04. The van der Waals surface area contributed by atoms with Crippen LogP contribution in [0.4, 0.5) is 11.4 Å². The molecule has 162 valence electrons. The van der Waals surface area contributed by atoms with Crippen LogP contribution in [0, 0.1) is 5.92 Å². The first-order valence-electron chi connectivity index (χ1n) is 11.3. The van der Waals surface area contributed by atoms with Crippen molar-refractivity contribution in [3.63, 3.8) is 0 Å². The standard InChI is InChI=1S/C24H39N3O2/c1-6-18(7-2)24(29)27(21-12-10-9-11-13-21)17-19-16-20(25-23(28)8-3)14-15-22(19)26(4)5/h14-16,18,21H,6-13,17H2,1-5H3,(H,25,28). The summed E-state index contributed by atoms with van der Waals surface area (Å²) in [6, 6.07) is 6.35. The molecule has 0 radical (unpaired) electrons. The molecule has 1 fully saturated rings. The van der Waals surface area contributed by atoms with E-state index >= 15 is 0 Å². The normalized spacial score (nSPS) is 14.7. The van der Waals surface area contributed by atoms with Crippen molar-refractivity contribution in [1.82, 2.24) is 4.90 Å². The van der Waals surface area contributed by atoms with E-state index in [9.17, 15) is 9.59 Å². The molecule has 1 aromatic rings. The first-order valence-corrected chi connectivity index (χ1v) is 11.3. The smallest absolute Gasteiger partial charge is 0.226 e. The highest BCUT2D eigenvalue weighted by molar-refractivity contribution is 5.91. The van der Waals surface area contributed by atoms with E-state index in [1.54, 1.807) is 0 Å². The second kappa shape index (κ2) is 11.2. The maximum absolute atomic E-state index is 13.4. The van der Waals surface area contributed by atoms with Gasteiger partial charge in [-0.2, -0.15) is 0 Å². The van der Waals surface area contributed by atoms with Gasteiger partial charge < -0.3 is 15.1 Å². The summed E-state index contributed by atoms with van der Waals surface area (Å²) in [6.07, 6.45) is 8.06. The van der Waals surface area contributed by atoms with E-state index in [0.717, 1.165) is 42.6 Å². The Kier molecular flexibility index (Phi) is 8.99. The monoisotopic (exact) mass is 401 g/mol. The Balaban J connectivity index is 2.37. The van der Waals surface area contributed by atoms with E-state index in [1.807, 2.05) is 39.2 Å². The zero-order valence-electron chi connectivity index (χ0n) is 19.0. The highest BCUT2D eigenvalue weighted by Gasteiger charge is 2.30. The fourth-order valence-electron chi connectivity index (χ4n) is 4.31. The van der Waals surface area contributed by atoms with Crippen LogP contribution in [0.3, 0.4) is 0 Å². The van der Waals surface area contributed by atoms with Crippen molar-refractivity contribution in [3.8, 4) is 0 Å². The van der Waals surface area contributed by atoms with Crippen LogP contribution in [0.2, 0.25) is 0 Å². The third-order valence-corrected chi connectivity index (χ3v) is 6.14. The van der Waals surface area contributed by atoms with Gasteiger partial charge in [-0.05, 0) is 49.4 Å². The first kappa shape index (κ1) is 23.2. The molecule has 0 atom stereocenters. The number of rotatable bonds is 9. The highest BCUT2D eigenvalue weighted by Crippen LogP contribution is 2.30. The molecule has 29 heavy (non-hydrogen) atoms. The van der Waals surface area contributed by atoms with Crippen LogP contribution in [0.15, 0.2) is 18.2 Å². The molecule has 0 spiro atoms. The topological polar surface area (TPSA) is 52.7 Å². The summed E-state index contributed by atoms with van der Waals surface area (Å²) in [5.41, 5.74) is 2.99. The lowest BCUT2D eigenvalue weighted by atomic mass is 9.91. The van der Waals surface area contributed by atoms with E-state index in [2.05, 4.69) is 29.0 Å². The predicted molar refractivity (Wildman–Crippen MR) is 121 cm³/mol. The Morgan fingerprint density at radius 2 is 1.72 bits per heavy atom. The van der Waals surface area contributed by atoms with Crippen molar-refractivity contribution in [2.75, 3.05) is 24.3 Å². The molecule has 0 heterocycles. The molecule has 5 nitrogen and oxygen atoms in total. The molecular formula is C24H39N3O2. The molecule has 0 aliphatic heterocycles. The van der Waals surface area contributed by atoms with Crippen LogP contribution < -0.4 is 10.2 Å². The van der Waals surface area contributed by atoms with E-state index in [4.69, 9.17) is 0 Å². The Morgan fingerprint density at radius 3 is 2.28 bits per heavy atom. The van der Waals surface area contributed by atoms with Crippen LogP contribution in [-0.4, -0.2) is 36.9 Å². The number of nitrogens with one attached hydrogen (secondary N) is 1. The average molecular weight is 402 g/mol. The Morgan fingerprint density at radius 1 is 1.07 bits per heavy atom. The predicted octanol–water partition coefficient (Wildman–Crippen LogP) is 5.20. The van der Waals surface area contributed by atoms with Gasteiger partial charge in [-0.15, -0.1) is 0 Å². The third kappa shape index (κ3) is 6.22. The number of hydrogen-bond acceptors (Lipinski definition) is 3. The number of carbonyl (C=O) groups excluding carboxylic acids is 2. The van der Waals surface area contributed by atoms with Gasteiger partial charge in [0.2, 0.25) is 11.8 Å². The minimum Gasteiger partial charge on any atom is -0.377 e. The molecule has 1 saturated carbocycles. The van der Waals surface area contributed by atoms with Gasteiger partial charge in [0.15, 0.2) is 0 Å². The molecule has 0 aromatic heterocycles. The van der Waals surface area contributed by atoms with Crippen molar-refractivity contribution in [3.05, 3.63) is 23.8 Å². The second-order valence-corrected chi connectivity index (χ2v) is 8.41. The van der Waals surface area contributed by atoms with Crippen molar-refractivity contribution >= 4 is 23.2 Å². The van der Waals surface area contributed by atoms with Gasteiger partial charge in [0.1, 0.15) is 0 Å². The first-order chi connectivity index (χ1) is 13.9. The van der Waals surface area contributed by atoms with Gasteiger partial charge in [0.25, 0.3) is 0 Å². The maximum atomic E-state index is 13.4. The van der Waals surface area contributed by atoms with Crippen molar-refractivity contribution in [1.29, 1.82) is 0 Å². The minimum atomic E-state index is 0.00537. The van der Waals surface area contributed by atoms with E-state index in [-0.39, 0.29) is 17.7 Å². The van der Waals surface area contributed by atoms with Gasteiger partial charge >= 0.3 is 0 Å². The summed E-state index contributed by atoms with van der Waals surface area (Å²) in [6.45, 7) is 6.67. The molecule has 2 amide bonds. The van der Waals surface area contributed by atoms with Gasteiger partial charge in [-0.25, -0.2) is 0 Å². The molecule has 1 aliphatic rings. The molecule has 1 aliphatic carbocycles. The van der Waals surface area contributed by atoms with E-state index in [0.29, 0.717) is 19.0 Å². The maximum Gasteiger partial charge on any atom is 0.226 e. The quantitative estimate of drug-likeness (QED) is 0.619. The van der Waals surface area contributed by atoms with E-state index < -0.39 is 0 Å². The molecule has 0 bridgehead atoms. The molecular weight excluding hydrogens is 362 g/mol. The SMILES string of the molecule is CCC(=O)Nc1ccc(N(C)C)c(CN(C(=O)C(CC)CC)C2CCCCC2)c1. The molecule has 5 heteroatoms. The zero-order valence-corrected chi connectivity index (χ0v) is 19.0. The minimum absolute atomic E-state index is 0.00537. The lowest BCUT2D eigenvalue weighted by molar-refractivity contribution is -0.139. The fraction of sp³-hybridized carbons (Fsp3) is 0.667. The largest absolute Gasteiger partial charge is 0.377 e. The number of anilines is 2. The summed E-state index contributed by atoms with van der Waals surface area (Å²) in [7, 11) is 4.05. The molecule has 0 unspecified atom stereocenters.